The van der Waals surface area contributed by atoms with Crippen molar-refractivity contribution in [2.24, 2.45) is 0 Å². The van der Waals surface area contributed by atoms with Gasteiger partial charge in [-0.25, -0.2) is 0 Å². The molecule has 0 saturated carbocycles. The number of aryl methyl sites for hydroxylation is 1. The van der Waals surface area contributed by atoms with Crippen LogP contribution in [0.5, 0.6) is 11.5 Å². The Morgan fingerprint density at radius 1 is 1.22 bits per heavy atom. The molecule has 0 fully saturated rings. The molecular formula is C14H12BrClO2. The van der Waals surface area contributed by atoms with Gasteiger partial charge in [-0.05, 0) is 42.3 Å². The van der Waals surface area contributed by atoms with Gasteiger partial charge in [-0.15, -0.1) is 0 Å². The number of hydrogen-bond acceptors (Lipinski definition) is 2. The summed E-state index contributed by atoms with van der Waals surface area (Å²) >= 11 is 9.43. The second kappa shape index (κ2) is 5.74. The van der Waals surface area contributed by atoms with Gasteiger partial charge in [0.15, 0.2) is 0 Å². The first kappa shape index (κ1) is 13.4. The van der Waals surface area contributed by atoms with Crippen LogP contribution in [0.4, 0.5) is 0 Å². The van der Waals surface area contributed by atoms with Crippen LogP contribution in [-0.4, -0.2) is 5.11 Å². The zero-order valence-electron chi connectivity index (χ0n) is 9.78. The summed E-state index contributed by atoms with van der Waals surface area (Å²) in [6.07, 6.45) is 0. The highest BCUT2D eigenvalue weighted by Gasteiger charge is 2.05. The van der Waals surface area contributed by atoms with Crippen molar-refractivity contribution in [2.75, 3.05) is 0 Å². The van der Waals surface area contributed by atoms with Crippen molar-refractivity contribution in [1.29, 1.82) is 0 Å². The number of rotatable bonds is 3. The Morgan fingerprint density at radius 2 is 2.00 bits per heavy atom. The van der Waals surface area contributed by atoms with E-state index in [1.54, 1.807) is 18.2 Å². The fourth-order valence-electron chi connectivity index (χ4n) is 1.53. The van der Waals surface area contributed by atoms with E-state index in [0.29, 0.717) is 16.3 Å². The first-order valence-corrected chi connectivity index (χ1v) is 6.60. The predicted molar refractivity (Wildman–Crippen MR) is 76.3 cm³/mol. The molecule has 2 aromatic rings. The Labute approximate surface area is 119 Å². The van der Waals surface area contributed by atoms with E-state index in [9.17, 15) is 0 Å². The average Bonchev–Trinajstić information content (AvgIpc) is 2.34. The van der Waals surface area contributed by atoms with Crippen LogP contribution in [0.15, 0.2) is 40.9 Å². The second-order valence-electron chi connectivity index (χ2n) is 3.92. The van der Waals surface area contributed by atoms with Crippen molar-refractivity contribution in [3.8, 4) is 11.5 Å². The Kier molecular flexibility index (Phi) is 4.27. The molecule has 0 radical (unpaired) electrons. The summed E-state index contributed by atoms with van der Waals surface area (Å²) in [4.78, 5) is 0. The molecule has 0 aliphatic heterocycles. The Morgan fingerprint density at radius 3 is 2.67 bits per heavy atom. The number of ether oxygens (including phenoxy) is 1. The molecular weight excluding hydrogens is 316 g/mol. The Balaban J connectivity index is 2.28. The van der Waals surface area contributed by atoms with E-state index in [4.69, 9.17) is 21.4 Å². The summed E-state index contributed by atoms with van der Waals surface area (Å²) in [6.45, 7) is 1.90. The fraction of sp³-hybridized carbons (Fsp3) is 0.143. The van der Waals surface area contributed by atoms with Crippen LogP contribution in [0.3, 0.4) is 0 Å². The molecule has 0 aromatic heterocycles. The summed E-state index contributed by atoms with van der Waals surface area (Å²) in [5.41, 5.74) is 1.73. The van der Waals surface area contributed by atoms with Gasteiger partial charge in [0.25, 0.3) is 0 Å². The summed E-state index contributed by atoms with van der Waals surface area (Å²) in [5.74, 6) is 1.43. The molecule has 18 heavy (non-hydrogen) atoms. The molecule has 0 spiro atoms. The van der Waals surface area contributed by atoms with Crippen molar-refractivity contribution in [3.05, 3.63) is 57.0 Å². The fourth-order valence-corrected chi connectivity index (χ4v) is 2.10. The van der Waals surface area contributed by atoms with Crippen LogP contribution in [-0.2, 0) is 6.61 Å². The zero-order chi connectivity index (χ0) is 13.1. The minimum Gasteiger partial charge on any atom is -0.457 e. The normalized spacial score (nSPS) is 10.4. The molecule has 0 atom stereocenters. The van der Waals surface area contributed by atoms with Gasteiger partial charge in [0, 0.05) is 9.50 Å². The van der Waals surface area contributed by atoms with E-state index in [0.717, 1.165) is 15.8 Å². The van der Waals surface area contributed by atoms with E-state index in [-0.39, 0.29) is 6.61 Å². The molecule has 94 valence electrons. The number of hydrogen-bond donors (Lipinski definition) is 1. The third-order valence-electron chi connectivity index (χ3n) is 2.57. The molecule has 0 unspecified atom stereocenters. The van der Waals surface area contributed by atoms with Crippen molar-refractivity contribution in [1.82, 2.24) is 0 Å². The van der Waals surface area contributed by atoms with Gasteiger partial charge in [0.1, 0.15) is 11.5 Å². The summed E-state index contributed by atoms with van der Waals surface area (Å²) in [7, 11) is 0. The first-order valence-electron chi connectivity index (χ1n) is 5.43. The minimum absolute atomic E-state index is 0.0744. The van der Waals surface area contributed by atoms with Gasteiger partial charge in [0.05, 0.1) is 6.61 Å². The molecule has 0 aliphatic carbocycles. The van der Waals surface area contributed by atoms with Crippen LogP contribution in [0, 0.1) is 6.92 Å². The number of benzene rings is 2. The predicted octanol–water partition coefficient (Wildman–Crippen LogP) is 4.70. The maximum Gasteiger partial charge on any atom is 0.131 e. The standard InChI is InChI=1S/C14H12BrClO2/c1-9-2-4-11(15)6-14(9)18-12-5-3-10(8-17)13(16)7-12/h2-7,17H,8H2,1H3. The van der Waals surface area contributed by atoms with Crippen molar-refractivity contribution in [2.45, 2.75) is 13.5 Å². The second-order valence-corrected chi connectivity index (χ2v) is 5.25. The zero-order valence-corrected chi connectivity index (χ0v) is 12.1. The molecule has 0 amide bonds. The van der Waals surface area contributed by atoms with Crippen LogP contribution in [0.2, 0.25) is 5.02 Å². The monoisotopic (exact) mass is 326 g/mol. The average molecular weight is 328 g/mol. The van der Waals surface area contributed by atoms with Gasteiger partial charge in [-0.3, -0.25) is 0 Å². The lowest BCUT2D eigenvalue weighted by atomic mass is 10.2. The highest BCUT2D eigenvalue weighted by Crippen LogP contribution is 2.30. The van der Waals surface area contributed by atoms with E-state index in [2.05, 4.69) is 15.9 Å². The van der Waals surface area contributed by atoms with E-state index in [1.165, 1.54) is 0 Å². The number of halogens is 2. The third-order valence-corrected chi connectivity index (χ3v) is 3.42. The lowest BCUT2D eigenvalue weighted by Crippen LogP contribution is -1.90. The van der Waals surface area contributed by atoms with Gasteiger partial charge >= 0.3 is 0 Å². The SMILES string of the molecule is Cc1ccc(Br)cc1Oc1ccc(CO)c(Cl)c1. The van der Waals surface area contributed by atoms with Crippen LogP contribution >= 0.6 is 27.5 Å². The topological polar surface area (TPSA) is 29.5 Å². The van der Waals surface area contributed by atoms with E-state index >= 15 is 0 Å². The van der Waals surface area contributed by atoms with Gasteiger partial charge in [0.2, 0.25) is 0 Å². The molecule has 0 heterocycles. The van der Waals surface area contributed by atoms with Crippen LogP contribution < -0.4 is 4.74 Å². The number of aliphatic hydroxyl groups excluding tert-OH is 1. The highest BCUT2D eigenvalue weighted by atomic mass is 79.9. The lowest BCUT2D eigenvalue weighted by molar-refractivity contribution is 0.282. The quantitative estimate of drug-likeness (QED) is 0.885. The summed E-state index contributed by atoms with van der Waals surface area (Å²) in [6, 6.07) is 11.1. The van der Waals surface area contributed by atoms with Crippen molar-refractivity contribution < 1.29 is 9.84 Å². The minimum atomic E-state index is -0.0744. The molecule has 2 aromatic carbocycles. The van der Waals surface area contributed by atoms with Crippen LogP contribution in [0.1, 0.15) is 11.1 Å². The van der Waals surface area contributed by atoms with Gasteiger partial charge in [-0.1, -0.05) is 39.7 Å². The van der Waals surface area contributed by atoms with Crippen molar-refractivity contribution in [3.63, 3.8) is 0 Å². The molecule has 4 heteroatoms. The maximum atomic E-state index is 9.05. The molecule has 1 N–H and O–H groups in total. The Bertz CT molecular complexity index is 570. The maximum absolute atomic E-state index is 9.05. The van der Waals surface area contributed by atoms with E-state index < -0.39 is 0 Å². The molecule has 0 saturated heterocycles. The summed E-state index contributed by atoms with van der Waals surface area (Å²) in [5, 5.41) is 9.55. The van der Waals surface area contributed by atoms with E-state index in [1.807, 2.05) is 25.1 Å². The molecule has 2 nitrogen and oxygen atoms in total. The van der Waals surface area contributed by atoms with Gasteiger partial charge < -0.3 is 9.84 Å². The highest BCUT2D eigenvalue weighted by molar-refractivity contribution is 9.10. The Hall–Kier alpha value is -1.03. The lowest BCUT2D eigenvalue weighted by Gasteiger charge is -2.10. The number of aliphatic hydroxyl groups is 1. The molecule has 2 rings (SSSR count). The van der Waals surface area contributed by atoms with Crippen molar-refractivity contribution >= 4 is 27.5 Å². The smallest absolute Gasteiger partial charge is 0.131 e. The van der Waals surface area contributed by atoms with Gasteiger partial charge in [-0.2, -0.15) is 0 Å². The third kappa shape index (κ3) is 3.05. The first-order chi connectivity index (χ1) is 8.60. The summed E-state index contributed by atoms with van der Waals surface area (Å²) < 4.78 is 6.73. The molecule has 0 aliphatic rings. The largest absolute Gasteiger partial charge is 0.457 e. The molecule has 0 bridgehead atoms. The van der Waals surface area contributed by atoms with Crippen LogP contribution in [0.25, 0.3) is 0 Å².